The lowest BCUT2D eigenvalue weighted by Gasteiger charge is -2.32. The maximum absolute atomic E-state index is 13.3. The fourth-order valence-corrected chi connectivity index (χ4v) is 6.51. The smallest absolute Gasteiger partial charge is 0.276 e. The lowest BCUT2D eigenvalue weighted by atomic mass is 10.1. The van der Waals surface area contributed by atoms with Gasteiger partial charge in [0.15, 0.2) is 0 Å². The van der Waals surface area contributed by atoms with E-state index in [2.05, 4.69) is 0 Å². The second kappa shape index (κ2) is 20.3. The number of nitro benzene ring substituents is 1. The summed E-state index contributed by atoms with van der Waals surface area (Å²) in [6.07, 6.45) is 4.33. The Morgan fingerprint density at radius 2 is 0.929 bits per heavy atom. The van der Waals surface area contributed by atoms with E-state index in [1.807, 2.05) is 0 Å². The van der Waals surface area contributed by atoms with Crippen LogP contribution in [0.25, 0.3) is 0 Å². The lowest BCUT2D eigenvalue weighted by molar-refractivity contribution is -0.385. The summed E-state index contributed by atoms with van der Waals surface area (Å²) in [7, 11) is 0. The minimum Gasteiger partial charge on any atom is -0.488 e. The Bertz CT molecular complexity index is 1730. The van der Waals surface area contributed by atoms with Gasteiger partial charge in [0, 0.05) is 82.5 Å². The third-order valence-electron chi connectivity index (χ3n) is 9.18. The molecule has 3 fully saturated rings. The van der Waals surface area contributed by atoms with Gasteiger partial charge in [-0.2, -0.15) is 0 Å². The van der Waals surface area contributed by atoms with Gasteiger partial charge in [0.2, 0.25) is 17.7 Å². The molecule has 0 unspecified atom stereocenters. The topological polar surface area (TPSA) is 158 Å². The molecule has 0 spiro atoms. The zero-order chi connectivity index (χ0) is 40.9. The number of carbonyl (C=O) groups is 3. The number of ether oxygens (including phenoxy) is 3. The van der Waals surface area contributed by atoms with Crippen LogP contribution in [0, 0.1) is 33.4 Å². The highest BCUT2D eigenvalue weighted by molar-refractivity contribution is 5.74. The zero-order valence-electron chi connectivity index (χ0n) is 31.6. The van der Waals surface area contributed by atoms with Crippen molar-refractivity contribution in [3.8, 4) is 17.2 Å². The molecule has 0 bridgehead atoms. The standard InChI is InChI=1S/C13H15F2NO2.C13H15FN2O4.C13H17FN2O2/c1-9(17)16-4-2-3-12(8-16)18-13-6-10(14)5-11(15)7-13;1-9(17)15-4-2-3-12(8-15)20-13-6-10(14)5-11(7-13)16(18)19;1-9(17)16-4-2-3-12(8-16)18-13-6-10(14)5-11(15)7-13/h5-7,12H,2-4,8H2,1H3;5-7,12H,2-4,8H2,1H3;5-7,12H,2-4,8,15H2,1H3/t3*12-/m111/s1. The number of halogens is 4. The Morgan fingerprint density at radius 1 is 0.589 bits per heavy atom. The van der Waals surface area contributed by atoms with Gasteiger partial charge in [-0.1, -0.05) is 0 Å². The van der Waals surface area contributed by atoms with Gasteiger partial charge in [-0.15, -0.1) is 0 Å². The van der Waals surface area contributed by atoms with Crippen LogP contribution in [0.2, 0.25) is 0 Å². The van der Waals surface area contributed by atoms with Crippen LogP contribution in [0.15, 0.2) is 54.6 Å². The van der Waals surface area contributed by atoms with Gasteiger partial charge in [0.1, 0.15) is 58.8 Å². The first-order valence-corrected chi connectivity index (χ1v) is 18.3. The number of rotatable bonds is 7. The summed E-state index contributed by atoms with van der Waals surface area (Å²) in [6.45, 7) is 8.12. The van der Waals surface area contributed by atoms with E-state index in [1.165, 1.54) is 32.0 Å². The van der Waals surface area contributed by atoms with E-state index in [0.717, 1.165) is 75.4 Å². The van der Waals surface area contributed by atoms with Crippen molar-refractivity contribution < 1.29 is 51.1 Å². The highest BCUT2D eigenvalue weighted by Crippen LogP contribution is 2.26. The molecular weight excluding hydrogens is 742 g/mol. The summed E-state index contributed by atoms with van der Waals surface area (Å²) in [5.74, 6) is -1.75. The molecular formula is C39H47F4N5O8. The molecule has 0 radical (unpaired) electrons. The molecule has 3 atom stereocenters. The average molecular weight is 790 g/mol. The molecule has 3 heterocycles. The summed E-state index contributed by atoms with van der Waals surface area (Å²) in [4.78, 5) is 49.0. The number of hydrogen-bond acceptors (Lipinski definition) is 9. The summed E-state index contributed by atoms with van der Waals surface area (Å²) in [5, 5.41) is 10.7. The van der Waals surface area contributed by atoms with E-state index in [0.29, 0.717) is 44.2 Å². The third-order valence-corrected chi connectivity index (χ3v) is 9.18. The minimum absolute atomic E-state index is 0.00581. The van der Waals surface area contributed by atoms with Crippen molar-refractivity contribution in [2.24, 2.45) is 0 Å². The van der Waals surface area contributed by atoms with Crippen LogP contribution < -0.4 is 19.9 Å². The zero-order valence-corrected chi connectivity index (χ0v) is 31.6. The molecule has 13 nitrogen and oxygen atoms in total. The Morgan fingerprint density at radius 3 is 1.29 bits per heavy atom. The van der Waals surface area contributed by atoms with Crippen molar-refractivity contribution in [3.05, 3.63) is 88.0 Å². The normalized spacial score (nSPS) is 19.3. The van der Waals surface area contributed by atoms with Gasteiger partial charge in [0.05, 0.1) is 36.7 Å². The molecule has 6 rings (SSSR count). The number of carbonyl (C=O) groups excluding carboxylic acids is 3. The van der Waals surface area contributed by atoms with Crippen LogP contribution in [0.3, 0.4) is 0 Å². The maximum atomic E-state index is 13.3. The van der Waals surface area contributed by atoms with Crippen molar-refractivity contribution in [3.63, 3.8) is 0 Å². The second-order valence-electron chi connectivity index (χ2n) is 13.8. The largest absolute Gasteiger partial charge is 0.488 e. The predicted molar refractivity (Wildman–Crippen MR) is 198 cm³/mol. The maximum Gasteiger partial charge on any atom is 0.276 e. The third kappa shape index (κ3) is 13.9. The first-order valence-electron chi connectivity index (χ1n) is 18.3. The lowest BCUT2D eigenvalue weighted by Crippen LogP contribution is -2.43. The molecule has 17 heteroatoms. The quantitative estimate of drug-likeness (QED) is 0.126. The summed E-state index contributed by atoms with van der Waals surface area (Å²) in [5.41, 5.74) is 5.54. The van der Waals surface area contributed by atoms with Crippen LogP contribution in [-0.4, -0.2) is 94.9 Å². The van der Waals surface area contributed by atoms with E-state index in [1.54, 1.807) is 27.7 Å². The summed E-state index contributed by atoms with van der Waals surface area (Å²) in [6, 6.07) is 10.4. The van der Waals surface area contributed by atoms with Gasteiger partial charge >= 0.3 is 0 Å². The van der Waals surface area contributed by atoms with Crippen LogP contribution in [0.5, 0.6) is 17.2 Å². The number of nitrogens with zero attached hydrogens (tertiary/aromatic N) is 4. The molecule has 304 valence electrons. The van der Waals surface area contributed by atoms with Crippen molar-refractivity contribution in [2.75, 3.05) is 45.0 Å². The molecule has 3 aromatic carbocycles. The molecule has 3 amide bonds. The number of hydrogen-bond donors (Lipinski definition) is 1. The van der Waals surface area contributed by atoms with E-state index < -0.39 is 28.2 Å². The number of non-ortho nitro benzene ring substituents is 1. The van der Waals surface area contributed by atoms with Gasteiger partial charge in [0.25, 0.3) is 5.69 Å². The van der Waals surface area contributed by atoms with Crippen LogP contribution in [-0.2, 0) is 14.4 Å². The number of nitrogen functional groups attached to an aromatic ring is 1. The number of likely N-dealkylation sites (tertiary alicyclic amines) is 3. The second-order valence-corrected chi connectivity index (χ2v) is 13.8. The molecule has 3 aliphatic rings. The van der Waals surface area contributed by atoms with Crippen molar-refractivity contribution in [1.82, 2.24) is 14.7 Å². The Balaban J connectivity index is 0.000000187. The molecule has 3 aliphatic heterocycles. The van der Waals surface area contributed by atoms with Gasteiger partial charge < -0.3 is 34.6 Å². The molecule has 0 aliphatic carbocycles. The highest BCUT2D eigenvalue weighted by atomic mass is 19.1. The van der Waals surface area contributed by atoms with Gasteiger partial charge in [-0.3, -0.25) is 24.5 Å². The summed E-state index contributed by atoms with van der Waals surface area (Å²) >= 11 is 0. The Kier molecular flexibility index (Phi) is 15.7. The number of amides is 3. The van der Waals surface area contributed by atoms with Crippen molar-refractivity contribution >= 4 is 29.1 Å². The number of piperidine rings is 3. The Labute approximate surface area is 322 Å². The molecule has 0 aromatic heterocycles. The SMILES string of the molecule is CC(=O)N1CCC[C@@H](Oc2cc(F)cc(F)c2)C1.CC(=O)N1CCC[C@@H](Oc2cc(F)cc([N+](=O)[O-])c2)C1.CC(=O)N1CCC[C@@H](Oc2cc(N)cc(F)c2)C1. The number of nitrogens with two attached hydrogens (primary N) is 1. The number of benzene rings is 3. The first kappa shape index (κ1) is 43.1. The number of anilines is 1. The molecule has 3 aromatic rings. The van der Waals surface area contributed by atoms with Crippen molar-refractivity contribution in [2.45, 2.75) is 77.6 Å². The van der Waals surface area contributed by atoms with E-state index >= 15 is 0 Å². The predicted octanol–water partition coefficient (Wildman–Crippen LogP) is 6.28. The summed E-state index contributed by atoms with van der Waals surface area (Å²) < 4.78 is 69.2. The van der Waals surface area contributed by atoms with Crippen LogP contribution in [0.4, 0.5) is 28.9 Å². The highest BCUT2D eigenvalue weighted by Gasteiger charge is 2.26. The fraction of sp³-hybridized carbons (Fsp3) is 0.462. The fourth-order valence-electron chi connectivity index (χ4n) is 6.51. The number of nitro groups is 1. The van der Waals surface area contributed by atoms with Crippen molar-refractivity contribution in [1.29, 1.82) is 0 Å². The van der Waals surface area contributed by atoms with Gasteiger partial charge in [-0.05, 0) is 44.6 Å². The monoisotopic (exact) mass is 789 g/mol. The Hall–Kier alpha value is -5.61. The first-order chi connectivity index (χ1) is 26.5. The molecule has 56 heavy (non-hydrogen) atoms. The van der Waals surface area contributed by atoms with Crippen LogP contribution in [0.1, 0.15) is 59.3 Å². The molecule has 3 saturated heterocycles. The van der Waals surface area contributed by atoms with Crippen LogP contribution >= 0.6 is 0 Å². The molecule has 0 saturated carbocycles. The van der Waals surface area contributed by atoms with E-state index in [9.17, 15) is 42.1 Å². The minimum atomic E-state index is -0.714. The van der Waals surface area contributed by atoms with Gasteiger partial charge in [-0.25, -0.2) is 17.6 Å². The van der Waals surface area contributed by atoms with E-state index in [4.69, 9.17) is 19.9 Å². The van der Waals surface area contributed by atoms with E-state index in [-0.39, 0.29) is 53.2 Å². The molecule has 2 N–H and O–H groups in total. The average Bonchev–Trinajstić information content (AvgIpc) is 3.11.